The van der Waals surface area contributed by atoms with E-state index in [0.29, 0.717) is 6.42 Å². The van der Waals surface area contributed by atoms with Crippen molar-refractivity contribution in [1.82, 2.24) is 10.6 Å². The molecule has 0 saturated heterocycles. The van der Waals surface area contributed by atoms with E-state index in [4.69, 9.17) is 10.2 Å². The number of aliphatic hydroxyl groups excluding tert-OH is 4. The lowest BCUT2D eigenvalue weighted by atomic mass is 10.1. The lowest BCUT2D eigenvalue weighted by molar-refractivity contribution is -0.122. The SMILES string of the molecule is CN[C@@H](CCC(=O)NC[C@H](O)C[C@H](O)[C@H](O)CO)C(C)=O. The molecule has 8 heteroatoms. The van der Waals surface area contributed by atoms with Gasteiger partial charge in [0.15, 0.2) is 0 Å². The summed E-state index contributed by atoms with van der Waals surface area (Å²) in [5, 5.41) is 42.0. The van der Waals surface area contributed by atoms with Crippen molar-refractivity contribution in [3.05, 3.63) is 0 Å². The molecular weight excluding hydrogens is 280 g/mol. The Kier molecular flexibility index (Phi) is 10.1. The molecule has 0 aliphatic carbocycles. The van der Waals surface area contributed by atoms with Crippen molar-refractivity contribution in [2.24, 2.45) is 0 Å². The first-order valence-corrected chi connectivity index (χ1v) is 6.91. The van der Waals surface area contributed by atoms with Crippen LogP contribution in [0.25, 0.3) is 0 Å². The molecule has 0 heterocycles. The zero-order valence-electron chi connectivity index (χ0n) is 12.5. The van der Waals surface area contributed by atoms with E-state index < -0.39 is 24.9 Å². The smallest absolute Gasteiger partial charge is 0.220 e. The van der Waals surface area contributed by atoms with Gasteiger partial charge in [0.05, 0.1) is 24.9 Å². The number of ketones is 1. The Hall–Kier alpha value is -1.06. The molecule has 6 N–H and O–H groups in total. The molecule has 0 aromatic carbocycles. The van der Waals surface area contributed by atoms with E-state index in [1.165, 1.54) is 6.92 Å². The third-order valence-corrected chi connectivity index (χ3v) is 3.18. The molecule has 0 aliphatic rings. The average Bonchev–Trinajstić information content (AvgIpc) is 2.44. The monoisotopic (exact) mass is 306 g/mol. The van der Waals surface area contributed by atoms with Gasteiger partial charge in [-0.05, 0) is 20.4 Å². The third kappa shape index (κ3) is 8.74. The van der Waals surface area contributed by atoms with Gasteiger partial charge in [-0.1, -0.05) is 0 Å². The van der Waals surface area contributed by atoms with Crippen LogP contribution in [0.3, 0.4) is 0 Å². The van der Waals surface area contributed by atoms with Gasteiger partial charge < -0.3 is 31.1 Å². The quantitative estimate of drug-likeness (QED) is 0.248. The minimum absolute atomic E-state index is 0.0496. The van der Waals surface area contributed by atoms with Crippen molar-refractivity contribution in [2.45, 2.75) is 50.5 Å². The van der Waals surface area contributed by atoms with E-state index in [9.17, 15) is 19.8 Å². The molecule has 8 nitrogen and oxygen atoms in total. The van der Waals surface area contributed by atoms with Gasteiger partial charge in [0, 0.05) is 19.4 Å². The van der Waals surface area contributed by atoms with Gasteiger partial charge in [0.25, 0.3) is 0 Å². The highest BCUT2D eigenvalue weighted by molar-refractivity contribution is 5.82. The molecular formula is C13H26N2O6. The van der Waals surface area contributed by atoms with Crippen molar-refractivity contribution < 1.29 is 30.0 Å². The molecule has 0 spiro atoms. The van der Waals surface area contributed by atoms with Crippen LogP contribution in [0.5, 0.6) is 0 Å². The summed E-state index contributed by atoms with van der Waals surface area (Å²) in [6.45, 7) is 0.770. The van der Waals surface area contributed by atoms with Crippen molar-refractivity contribution in [1.29, 1.82) is 0 Å². The molecule has 0 saturated carbocycles. The predicted molar refractivity (Wildman–Crippen MR) is 75.5 cm³/mol. The molecule has 124 valence electrons. The Morgan fingerprint density at radius 1 is 1.14 bits per heavy atom. The highest BCUT2D eigenvalue weighted by atomic mass is 16.4. The lowest BCUT2D eigenvalue weighted by Gasteiger charge is -2.19. The zero-order valence-corrected chi connectivity index (χ0v) is 12.5. The first-order valence-electron chi connectivity index (χ1n) is 6.91. The van der Waals surface area contributed by atoms with Crippen molar-refractivity contribution >= 4 is 11.7 Å². The lowest BCUT2D eigenvalue weighted by Crippen LogP contribution is -2.39. The number of amides is 1. The van der Waals surface area contributed by atoms with Crippen LogP contribution >= 0.6 is 0 Å². The molecule has 0 radical (unpaired) electrons. The number of hydrogen-bond donors (Lipinski definition) is 6. The minimum atomic E-state index is -1.32. The van der Waals surface area contributed by atoms with Crippen LogP contribution in [0.15, 0.2) is 0 Å². The molecule has 0 fully saturated rings. The van der Waals surface area contributed by atoms with Crippen LogP contribution in [-0.2, 0) is 9.59 Å². The van der Waals surface area contributed by atoms with Gasteiger partial charge >= 0.3 is 0 Å². The second kappa shape index (κ2) is 10.6. The summed E-state index contributed by atoms with van der Waals surface area (Å²) >= 11 is 0. The van der Waals surface area contributed by atoms with Gasteiger partial charge in [-0.2, -0.15) is 0 Å². The van der Waals surface area contributed by atoms with Gasteiger partial charge in [-0.3, -0.25) is 9.59 Å². The maximum atomic E-state index is 11.6. The van der Waals surface area contributed by atoms with Gasteiger partial charge in [-0.15, -0.1) is 0 Å². The van der Waals surface area contributed by atoms with Crippen LogP contribution in [0.2, 0.25) is 0 Å². The van der Waals surface area contributed by atoms with Crippen LogP contribution in [-0.4, -0.2) is 76.7 Å². The molecule has 0 unspecified atom stereocenters. The fraction of sp³-hybridized carbons (Fsp3) is 0.846. The Labute approximate surface area is 124 Å². The van der Waals surface area contributed by atoms with E-state index in [-0.39, 0.29) is 37.1 Å². The highest BCUT2D eigenvalue weighted by Crippen LogP contribution is 2.03. The molecule has 0 aliphatic heterocycles. The normalized spacial score (nSPS) is 16.9. The minimum Gasteiger partial charge on any atom is -0.394 e. The Morgan fingerprint density at radius 3 is 2.24 bits per heavy atom. The van der Waals surface area contributed by atoms with Crippen LogP contribution in [0.1, 0.15) is 26.2 Å². The number of Topliss-reactive ketones (excluding diaryl/α,β-unsaturated/α-hetero) is 1. The Balaban J connectivity index is 3.94. The van der Waals surface area contributed by atoms with E-state index >= 15 is 0 Å². The first-order chi connectivity index (χ1) is 9.81. The fourth-order valence-corrected chi connectivity index (χ4v) is 1.79. The molecule has 21 heavy (non-hydrogen) atoms. The summed E-state index contributed by atoms with van der Waals surface area (Å²) in [4.78, 5) is 22.7. The number of nitrogens with one attached hydrogen (secondary N) is 2. The van der Waals surface area contributed by atoms with Gasteiger partial charge in [0.2, 0.25) is 5.91 Å². The van der Waals surface area contributed by atoms with Crippen molar-refractivity contribution in [2.75, 3.05) is 20.2 Å². The third-order valence-electron chi connectivity index (χ3n) is 3.18. The topological polar surface area (TPSA) is 139 Å². The largest absolute Gasteiger partial charge is 0.394 e. The number of hydrogen-bond acceptors (Lipinski definition) is 7. The molecule has 4 atom stereocenters. The Morgan fingerprint density at radius 2 is 1.76 bits per heavy atom. The van der Waals surface area contributed by atoms with Gasteiger partial charge in [-0.25, -0.2) is 0 Å². The number of aliphatic hydroxyl groups is 4. The fourth-order valence-electron chi connectivity index (χ4n) is 1.79. The van der Waals surface area contributed by atoms with Gasteiger partial charge in [0.1, 0.15) is 11.9 Å². The second-order valence-electron chi connectivity index (χ2n) is 5.00. The van der Waals surface area contributed by atoms with Crippen LogP contribution in [0.4, 0.5) is 0 Å². The Bertz CT molecular complexity index is 326. The molecule has 1 amide bonds. The van der Waals surface area contributed by atoms with Crippen LogP contribution < -0.4 is 10.6 Å². The summed E-state index contributed by atoms with van der Waals surface area (Å²) in [7, 11) is 1.64. The van der Waals surface area contributed by atoms with E-state index in [1.807, 2.05) is 0 Å². The summed E-state index contributed by atoms with van der Waals surface area (Å²) in [6, 6.07) is -0.373. The summed E-state index contributed by atoms with van der Waals surface area (Å²) in [6.07, 6.45) is -3.26. The maximum absolute atomic E-state index is 11.6. The van der Waals surface area contributed by atoms with E-state index in [2.05, 4.69) is 10.6 Å². The number of carbonyl (C=O) groups is 2. The molecule has 0 bridgehead atoms. The molecule has 0 aromatic heterocycles. The zero-order chi connectivity index (χ0) is 16.4. The van der Waals surface area contributed by atoms with Crippen molar-refractivity contribution in [3.8, 4) is 0 Å². The second-order valence-corrected chi connectivity index (χ2v) is 5.00. The van der Waals surface area contributed by atoms with E-state index in [0.717, 1.165) is 0 Å². The summed E-state index contributed by atoms with van der Waals surface area (Å²) < 4.78 is 0. The number of carbonyl (C=O) groups excluding carboxylic acids is 2. The standard InChI is InChI=1S/C13H26N2O6/c1-8(17)10(14-2)3-4-13(21)15-6-9(18)5-11(19)12(20)7-16/h9-12,14,16,18-20H,3-7H2,1-2H3,(H,15,21)/t9-,10+,11+,12-/m1/s1. The summed E-state index contributed by atoms with van der Waals surface area (Å²) in [5.74, 6) is -0.362. The first kappa shape index (κ1) is 19.9. The molecule has 0 aromatic rings. The maximum Gasteiger partial charge on any atom is 0.220 e. The summed E-state index contributed by atoms with van der Waals surface area (Å²) in [5.41, 5.74) is 0. The average molecular weight is 306 g/mol. The molecule has 0 rings (SSSR count). The predicted octanol–water partition coefficient (Wildman–Crippen LogP) is -2.48. The van der Waals surface area contributed by atoms with Crippen molar-refractivity contribution in [3.63, 3.8) is 0 Å². The number of rotatable bonds is 11. The number of likely N-dealkylation sites (N-methyl/N-ethyl adjacent to an activating group) is 1. The van der Waals surface area contributed by atoms with Crippen LogP contribution in [0, 0.1) is 0 Å². The highest BCUT2D eigenvalue weighted by Gasteiger charge is 2.20. The van der Waals surface area contributed by atoms with E-state index in [1.54, 1.807) is 7.05 Å².